The van der Waals surface area contributed by atoms with Crippen LogP contribution in [-0.2, 0) is 19.1 Å². The molecule has 0 bridgehead atoms. The van der Waals surface area contributed by atoms with Gasteiger partial charge in [-0.2, -0.15) is 0 Å². The predicted molar refractivity (Wildman–Crippen MR) is 105 cm³/mol. The Morgan fingerprint density at radius 1 is 1.28 bits per heavy atom. The van der Waals surface area contributed by atoms with E-state index in [4.69, 9.17) is 17.8 Å². The number of carbonyl (C=O) groups excluding carboxylic acids is 3. The minimum atomic E-state index is -1.38. The van der Waals surface area contributed by atoms with Crippen LogP contribution in [0.3, 0.4) is 0 Å². The molecule has 4 rings (SSSR count). The topological polar surface area (TPSA) is 101 Å². The average Bonchev–Trinajstić information content (AvgIpc) is 3.04. The summed E-state index contributed by atoms with van der Waals surface area (Å²) in [4.78, 5) is 36.5. The first-order valence-electron chi connectivity index (χ1n) is 11.6. The summed E-state index contributed by atoms with van der Waals surface area (Å²) in [7, 11) is 0. The number of fused-ring (bicyclic) bond motifs is 5. The van der Waals surface area contributed by atoms with Crippen LogP contribution in [0.1, 0.15) is 65.7 Å². The molecule has 6 heteroatoms. The Hall–Kier alpha value is -1.53. The van der Waals surface area contributed by atoms with Gasteiger partial charge < -0.3 is 15.0 Å². The van der Waals surface area contributed by atoms with E-state index in [1.807, 2.05) is 13.0 Å². The third kappa shape index (κ3) is 2.86. The van der Waals surface area contributed by atoms with Gasteiger partial charge in [0.25, 0.3) is 0 Å². The van der Waals surface area contributed by atoms with Crippen LogP contribution in [0.25, 0.3) is 0 Å². The number of esters is 1. The molecule has 160 valence electrons. The van der Waals surface area contributed by atoms with Crippen molar-refractivity contribution >= 4 is 17.5 Å². The second kappa shape index (κ2) is 6.74. The highest BCUT2D eigenvalue weighted by molar-refractivity contribution is 5.92. The fourth-order valence-electron chi connectivity index (χ4n) is 7.38. The van der Waals surface area contributed by atoms with Gasteiger partial charge in [-0.1, -0.05) is 19.4 Å². The summed E-state index contributed by atoms with van der Waals surface area (Å²) in [6, 6.07) is 0. The molecule has 0 aromatic carbocycles. The minimum absolute atomic E-state index is 0.0845. The second-order valence-electron chi connectivity index (χ2n) is 10.1. The monoisotopic (exact) mass is 406 g/mol. The molecule has 0 radical (unpaired) electrons. The van der Waals surface area contributed by atoms with Gasteiger partial charge in [0.05, 0.1) is 6.10 Å². The molecule has 7 atom stereocenters. The fourth-order valence-corrected chi connectivity index (χ4v) is 7.38. The molecule has 6 nitrogen and oxygen atoms in total. The maximum atomic E-state index is 13.2. The van der Waals surface area contributed by atoms with Gasteiger partial charge in [0.1, 0.15) is 5.60 Å². The third-order valence-electron chi connectivity index (χ3n) is 8.85. The van der Waals surface area contributed by atoms with E-state index in [2.05, 4.69) is 6.92 Å². The van der Waals surface area contributed by atoms with Gasteiger partial charge in [0, 0.05) is 18.8 Å². The van der Waals surface area contributed by atoms with E-state index >= 15 is 0 Å². The van der Waals surface area contributed by atoms with Crippen molar-refractivity contribution in [3.05, 3.63) is 11.6 Å². The van der Waals surface area contributed by atoms with E-state index in [1.165, 1.54) is 12.5 Å². The van der Waals surface area contributed by atoms with E-state index in [-0.39, 0.29) is 29.0 Å². The number of allylic oxidation sites excluding steroid dienone is 1. The number of rotatable bonds is 5. The van der Waals surface area contributed by atoms with Crippen LogP contribution in [0.5, 0.6) is 0 Å². The lowest BCUT2D eigenvalue weighted by Gasteiger charge is -2.60. The van der Waals surface area contributed by atoms with Crippen molar-refractivity contribution in [3.8, 4) is 0 Å². The molecular formula is C23H32O6. The molecule has 0 amide bonds. The molecule has 0 saturated heterocycles. The lowest BCUT2D eigenvalue weighted by atomic mass is 9.45. The van der Waals surface area contributed by atoms with Crippen molar-refractivity contribution in [2.45, 2.75) is 77.4 Å². The molecule has 3 fully saturated rings. The zero-order valence-corrected chi connectivity index (χ0v) is 17.5. The lowest BCUT2D eigenvalue weighted by molar-refractivity contribution is -0.184. The Balaban J connectivity index is 1.71. The largest absolute Gasteiger partial charge is 0.458 e. The molecule has 4 aliphatic rings. The van der Waals surface area contributed by atoms with Crippen LogP contribution in [-0.4, -0.2) is 48.9 Å². The molecular weight excluding hydrogens is 372 g/mol. The smallest absolute Gasteiger partial charge is 0.303 e. The van der Waals surface area contributed by atoms with Gasteiger partial charge >= 0.3 is 5.97 Å². The van der Waals surface area contributed by atoms with E-state index in [0.29, 0.717) is 19.3 Å². The Labute approximate surface area is 174 Å². The molecule has 0 aromatic heterocycles. The molecule has 2 N–H and O–H groups in total. The fraction of sp³-hybridized carbons (Fsp3) is 0.783. The van der Waals surface area contributed by atoms with Crippen LogP contribution in [0.2, 0.25) is 0 Å². The van der Waals surface area contributed by atoms with Crippen LogP contribution >= 0.6 is 0 Å². The number of aliphatic hydroxyl groups is 2. The van der Waals surface area contributed by atoms with Crippen molar-refractivity contribution in [2.75, 3.05) is 6.61 Å². The zero-order valence-electron chi connectivity index (χ0n) is 19.5. The Morgan fingerprint density at radius 2 is 2.07 bits per heavy atom. The van der Waals surface area contributed by atoms with Crippen molar-refractivity contribution in [2.24, 2.45) is 28.6 Å². The number of ether oxygens (including phenoxy) is 1. The summed E-state index contributed by atoms with van der Waals surface area (Å²) in [6.45, 7) is 5.01. The van der Waals surface area contributed by atoms with Crippen LogP contribution in [0.4, 0.5) is 0 Å². The summed E-state index contributed by atoms with van der Waals surface area (Å²) in [5.41, 5.74) is -1.10. The van der Waals surface area contributed by atoms with Gasteiger partial charge in [-0.3, -0.25) is 14.4 Å². The summed E-state index contributed by atoms with van der Waals surface area (Å²) >= 11 is 0. The maximum absolute atomic E-state index is 13.2. The molecule has 0 heterocycles. The molecule has 0 aliphatic heterocycles. The van der Waals surface area contributed by atoms with Gasteiger partial charge in [-0.15, -0.1) is 0 Å². The summed E-state index contributed by atoms with van der Waals surface area (Å²) < 4.78 is 20.7. The van der Waals surface area contributed by atoms with E-state index in [9.17, 15) is 14.4 Å². The van der Waals surface area contributed by atoms with E-state index in [0.717, 1.165) is 25.7 Å². The van der Waals surface area contributed by atoms with Crippen LogP contribution in [0.15, 0.2) is 11.6 Å². The maximum Gasteiger partial charge on any atom is 0.303 e. The highest BCUT2D eigenvalue weighted by Crippen LogP contribution is 2.67. The summed E-state index contributed by atoms with van der Waals surface area (Å²) in [6.07, 6.45) is 5.90. The van der Waals surface area contributed by atoms with Crippen molar-refractivity contribution < 1.29 is 29.3 Å². The standard InChI is InChI=1S/C23H32O6/c1-13(24)29-12-19(27)23(28)9-7-17-16-5-4-14-10-15(25)6-8-21(14,2)20(16)18(26)11-22(17,23)3/h10,16-18,20,26,28H,4-9,11-12H2,1-3H3/t16?,17?,18-,20?,21-,22-,23-/m0/s1/i26D,28D. The second-order valence-corrected chi connectivity index (χ2v) is 10.1. The minimum Gasteiger partial charge on any atom is -0.458 e. The quantitative estimate of drug-likeness (QED) is 0.680. The average molecular weight is 407 g/mol. The molecule has 29 heavy (non-hydrogen) atoms. The molecule has 0 aromatic rings. The number of ketones is 2. The Bertz CT molecular complexity index is 827. The normalized spacial score (nSPS) is 47.1. The SMILES string of the molecule is [2H]O[C@H]1C[C@@]2(C)C(CC[C@]2(O[2H])C(=O)COC(C)=O)C2CCC3=CC(=O)CC[C@]3(C)C21. The molecule has 4 aliphatic carbocycles. The Kier molecular flexibility index (Phi) is 4.24. The number of aliphatic hydroxyl groups excluding tert-OH is 1. The third-order valence-corrected chi connectivity index (χ3v) is 8.85. The molecule has 0 spiro atoms. The number of hydrogen-bond donors (Lipinski definition) is 2. The van der Waals surface area contributed by atoms with Crippen molar-refractivity contribution in [1.29, 1.82) is 2.86 Å². The zero-order chi connectivity index (χ0) is 22.6. The van der Waals surface area contributed by atoms with Gasteiger partial charge in [-0.25, -0.2) is 0 Å². The summed E-state index contributed by atoms with van der Waals surface area (Å²) in [5, 5.41) is 10.5. The van der Waals surface area contributed by atoms with E-state index < -0.39 is 35.5 Å². The van der Waals surface area contributed by atoms with Crippen molar-refractivity contribution in [1.82, 2.24) is 0 Å². The highest BCUT2D eigenvalue weighted by atomic mass is 16.5. The van der Waals surface area contributed by atoms with Gasteiger partial charge in [0.2, 0.25) is 8.65 Å². The Morgan fingerprint density at radius 3 is 2.76 bits per heavy atom. The van der Waals surface area contributed by atoms with Crippen LogP contribution < -0.4 is 0 Å². The van der Waals surface area contributed by atoms with Gasteiger partial charge in [0.15, 0.2) is 12.4 Å². The number of carbonyl (C=O) groups is 3. The number of hydrogen-bond acceptors (Lipinski definition) is 6. The van der Waals surface area contributed by atoms with Crippen molar-refractivity contribution in [3.63, 3.8) is 0 Å². The van der Waals surface area contributed by atoms with Gasteiger partial charge in [-0.05, 0) is 67.8 Å². The number of Topliss-reactive ketones (excluding diaryl/α,β-unsaturated/α-hetero) is 1. The first kappa shape index (κ1) is 18.3. The predicted octanol–water partition coefficient (Wildman–Crippen LogP) is 2.35. The molecule has 3 unspecified atom stereocenters. The summed E-state index contributed by atoms with van der Waals surface area (Å²) in [5.74, 6) is -0.337. The molecule has 3 saturated carbocycles. The van der Waals surface area contributed by atoms with Crippen LogP contribution in [0, 0.1) is 28.6 Å². The lowest BCUT2D eigenvalue weighted by Crippen LogP contribution is -2.62. The first-order chi connectivity index (χ1) is 14.6. The highest BCUT2D eigenvalue weighted by Gasteiger charge is 2.68. The van der Waals surface area contributed by atoms with E-state index in [1.54, 1.807) is 0 Å². The first-order valence-corrected chi connectivity index (χ1v) is 10.8.